The van der Waals surface area contributed by atoms with Gasteiger partial charge in [-0.25, -0.2) is 4.98 Å². The van der Waals surface area contributed by atoms with E-state index in [-0.39, 0.29) is 24.2 Å². The van der Waals surface area contributed by atoms with Crippen molar-refractivity contribution in [3.63, 3.8) is 0 Å². The monoisotopic (exact) mass is 426 g/mol. The van der Waals surface area contributed by atoms with Crippen LogP contribution in [0.5, 0.6) is 0 Å². The highest BCUT2D eigenvalue weighted by molar-refractivity contribution is 9.10. The minimum atomic E-state index is -0.355. The average Bonchev–Trinajstić information content (AvgIpc) is 3.20. The summed E-state index contributed by atoms with van der Waals surface area (Å²) in [6.07, 6.45) is 0.223. The zero-order valence-electron chi connectivity index (χ0n) is 14.9. The highest BCUT2D eigenvalue weighted by Gasteiger charge is 2.35. The fraction of sp³-hybridized carbons (Fsp3) is 0.250. The number of hydrogen-bond acceptors (Lipinski definition) is 3. The van der Waals surface area contributed by atoms with E-state index >= 15 is 0 Å². The summed E-state index contributed by atoms with van der Waals surface area (Å²) in [5.41, 5.74) is 2.74. The van der Waals surface area contributed by atoms with Crippen LogP contribution in [0.2, 0.25) is 0 Å². The maximum atomic E-state index is 12.6. The predicted molar refractivity (Wildman–Crippen MR) is 107 cm³/mol. The maximum absolute atomic E-state index is 12.6. The van der Waals surface area contributed by atoms with Crippen molar-refractivity contribution in [2.24, 2.45) is 13.0 Å². The summed E-state index contributed by atoms with van der Waals surface area (Å²) < 4.78 is 2.88. The second-order valence-corrected chi connectivity index (χ2v) is 7.59. The van der Waals surface area contributed by atoms with Crippen molar-refractivity contribution >= 4 is 44.5 Å². The molecule has 1 atom stereocenters. The van der Waals surface area contributed by atoms with Crippen molar-refractivity contribution in [3.8, 4) is 0 Å². The van der Waals surface area contributed by atoms with Crippen LogP contribution in [0.3, 0.4) is 0 Å². The van der Waals surface area contributed by atoms with Gasteiger partial charge in [-0.15, -0.1) is 0 Å². The van der Waals surface area contributed by atoms with E-state index in [1.807, 2.05) is 60.1 Å². The Morgan fingerprint density at radius 3 is 2.85 bits per heavy atom. The van der Waals surface area contributed by atoms with E-state index in [1.54, 1.807) is 4.90 Å². The van der Waals surface area contributed by atoms with Gasteiger partial charge in [0, 0.05) is 30.2 Å². The molecule has 1 aliphatic rings. The molecule has 1 N–H and O–H groups in total. The van der Waals surface area contributed by atoms with Crippen LogP contribution in [0.4, 0.5) is 5.69 Å². The SMILES string of the molecule is Cn1c(CNC(=O)C2CC(=O)N(c3cccc(Br)c3)C2)nc2ccccc21. The zero-order chi connectivity index (χ0) is 19.0. The Morgan fingerprint density at radius 2 is 2.07 bits per heavy atom. The number of halogens is 1. The first-order valence-corrected chi connectivity index (χ1v) is 9.56. The molecule has 0 aliphatic carbocycles. The van der Waals surface area contributed by atoms with Crippen LogP contribution in [-0.4, -0.2) is 27.9 Å². The Labute approximate surface area is 165 Å². The van der Waals surface area contributed by atoms with Crippen molar-refractivity contribution in [1.82, 2.24) is 14.9 Å². The minimum Gasteiger partial charge on any atom is -0.349 e. The Kier molecular flexibility index (Phi) is 4.70. The van der Waals surface area contributed by atoms with E-state index < -0.39 is 0 Å². The van der Waals surface area contributed by atoms with Crippen molar-refractivity contribution in [2.75, 3.05) is 11.4 Å². The van der Waals surface area contributed by atoms with Crippen LogP contribution >= 0.6 is 15.9 Å². The largest absolute Gasteiger partial charge is 0.349 e. The van der Waals surface area contributed by atoms with Gasteiger partial charge in [-0.2, -0.15) is 0 Å². The summed E-state index contributed by atoms with van der Waals surface area (Å²) in [7, 11) is 1.94. The smallest absolute Gasteiger partial charge is 0.227 e. The molecule has 1 saturated heterocycles. The van der Waals surface area contributed by atoms with E-state index in [1.165, 1.54) is 0 Å². The first kappa shape index (κ1) is 17.7. The number of anilines is 1. The lowest BCUT2D eigenvalue weighted by Crippen LogP contribution is -2.33. The molecule has 1 aromatic heterocycles. The van der Waals surface area contributed by atoms with Gasteiger partial charge in [-0.05, 0) is 30.3 Å². The molecule has 2 amide bonds. The molecular formula is C20H19BrN4O2. The van der Waals surface area contributed by atoms with Gasteiger partial charge in [0.15, 0.2) is 0 Å². The predicted octanol–water partition coefficient (Wildman–Crippen LogP) is 3.01. The summed E-state index contributed by atoms with van der Waals surface area (Å²) >= 11 is 3.42. The Balaban J connectivity index is 1.43. The number of aryl methyl sites for hydroxylation is 1. The minimum absolute atomic E-state index is 0.0315. The number of benzene rings is 2. The molecular weight excluding hydrogens is 408 g/mol. The third kappa shape index (κ3) is 3.47. The molecule has 0 bridgehead atoms. The zero-order valence-corrected chi connectivity index (χ0v) is 16.4. The number of aromatic nitrogens is 2. The molecule has 1 fully saturated rings. The van der Waals surface area contributed by atoms with E-state index in [9.17, 15) is 9.59 Å². The van der Waals surface area contributed by atoms with Gasteiger partial charge >= 0.3 is 0 Å². The van der Waals surface area contributed by atoms with Crippen LogP contribution in [0, 0.1) is 5.92 Å². The molecule has 6 nitrogen and oxygen atoms in total. The molecule has 4 rings (SSSR count). The maximum Gasteiger partial charge on any atom is 0.227 e. The van der Waals surface area contributed by atoms with E-state index in [2.05, 4.69) is 26.2 Å². The van der Waals surface area contributed by atoms with E-state index in [4.69, 9.17) is 0 Å². The van der Waals surface area contributed by atoms with E-state index in [0.29, 0.717) is 13.1 Å². The number of carbonyl (C=O) groups is 2. The quantitative estimate of drug-likeness (QED) is 0.696. The molecule has 2 aromatic carbocycles. The lowest BCUT2D eigenvalue weighted by atomic mass is 10.1. The number of para-hydroxylation sites is 2. The Bertz CT molecular complexity index is 1030. The average molecular weight is 427 g/mol. The fourth-order valence-corrected chi connectivity index (χ4v) is 3.83. The van der Waals surface area contributed by atoms with Gasteiger partial charge in [0.25, 0.3) is 0 Å². The third-order valence-electron chi connectivity index (χ3n) is 4.92. The van der Waals surface area contributed by atoms with Crippen LogP contribution < -0.4 is 10.2 Å². The molecule has 7 heteroatoms. The molecule has 3 aromatic rings. The van der Waals surface area contributed by atoms with Crippen LogP contribution in [-0.2, 0) is 23.2 Å². The lowest BCUT2D eigenvalue weighted by Gasteiger charge is -2.17. The van der Waals surface area contributed by atoms with Gasteiger partial charge in [0.2, 0.25) is 11.8 Å². The first-order chi connectivity index (χ1) is 13.0. The molecule has 2 heterocycles. The highest BCUT2D eigenvalue weighted by atomic mass is 79.9. The molecule has 1 aliphatic heterocycles. The molecule has 0 spiro atoms. The first-order valence-electron chi connectivity index (χ1n) is 8.77. The van der Waals surface area contributed by atoms with Crippen LogP contribution in [0.1, 0.15) is 12.2 Å². The number of amides is 2. The molecule has 0 radical (unpaired) electrons. The molecule has 0 saturated carbocycles. The summed E-state index contributed by atoms with van der Waals surface area (Å²) in [5.74, 6) is 0.285. The summed E-state index contributed by atoms with van der Waals surface area (Å²) in [6, 6.07) is 15.4. The number of rotatable bonds is 4. The summed E-state index contributed by atoms with van der Waals surface area (Å²) in [6.45, 7) is 0.731. The highest BCUT2D eigenvalue weighted by Crippen LogP contribution is 2.27. The Hall–Kier alpha value is -2.67. The van der Waals surface area contributed by atoms with Gasteiger partial charge in [0.1, 0.15) is 5.82 Å². The van der Waals surface area contributed by atoms with Crippen LogP contribution in [0.25, 0.3) is 11.0 Å². The number of nitrogens with zero attached hydrogens (tertiary/aromatic N) is 3. The molecule has 1 unspecified atom stereocenters. The fourth-order valence-electron chi connectivity index (χ4n) is 3.44. The topological polar surface area (TPSA) is 67.2 Å². The van der Waals surface area contributed by atoms with E-state index in [0.717, 1.165) is 27.0 Å². The van der Waals surface area contributed by atoms with Crippen molar-refractivity contribution in [2.45, 2.75) is 13.0 Å². The number of imidazole rings is 1. The van der Waals surface area contributed by atoms with Gasteiger partial charge in [-0.3, -0.25) is 9.59 Å². The Morgan fingerprint density at radius 1 is 1.26 bits per heavy atom. The second kappa shape index (κ2) is 7.15. The summed E-state index contributed by atoms with van der Waals surface area (Å²) in [4.78, 5) is 31.2. The molecule has 138 valence electrons. The number of hydrogen-bond donors (Lipinski definition) is 1. The van der Waals surface area contributed by atoms with Crippen LogP contribution in [0.15, 0.2) is 53.0 Å². The van der Waals surface area contributed by atoms with Crippen molar-refractivity contribution in [3.05, 3.63) is 58.8 Å². The standard InChI is InChI=1S/C20H19BrN4O2/c1-24-17-8-3-2-7-16(17)23-18(24)11-22-20(27)13-9-19(26)25(12-13)15-6-4-5-14(21)10-15/h2-8,10,13H,9,11-12H2,1H3,(H,22,27). The van der Waals surface area contributed by atoms with Gasteiger partial charge < -0.3 is 14.8 Å². The number of carbonyl (C=O) groups excluding carboxylic acids is 2. The number of fused-ring (bicyclic) bond motifs is 1. The molecule has 27 heavy (non-hydrogen) atoms. The lowest BCUT2D eigenvalue weighted by molar-refractivity contribution is -0.126. The normalized spacial score (nSPS) is 16.9. The number of nitrogens with one attached hydrogen (secondary N) is 1. The third-order valence-corrected chi connectivity index (χ3v) is 5.41. The summed E-state index contributed by atoms with van der Waals surface area (Å²) in [5, 5.41) is 2.94. The van der Waals surface area contributed by atoms with Crippen molar-refractivity contribution < 1.29 is 9.59 Å². The van der Waals surface area contributed by atoms with Gasteiger partial charge in [-0.1, -0.05) is 34.1 Å². The van der Waals surface area contributed by atoms with Gasteiger partial charge in [0.05, 0.1) is 23.5 Å². The van der Waals surface area contributed by atoms with Crippen molar-refractivity contribution in [1.29, 1.82) is 0 Å². The second-order valence-electron chi connectivity index (χ2n) is 6.68.